The number of ketones is 1. The van der Waals surface area contributed by atoms with Crippen molar-refractivity contribution in [3.8, 4) is 0 Å². The molecule has 0 aromatic heterocycles. The second kappa shape index (κ2) is 10.6. The predicted octanol–water partition coefficient (Wildman–Crippen LogP) is 2.33. The Morgan fingerprint density at radius 1 is 1.25 bits per heavy atom. The zero-order chi connectivity index (χ0) is 9.98. The van der Waals surface area contributed by atoms with Crippen LogP contribution in [0.5, 0.6) is 0 Å². The second-order valence-electron chi connectivity index (χ2n) is 2.76. The Labute approximate surface area is 77.0 Å². The van der Waals surface area contributed by atoms with E-state index in [9.17, 15) is 4.79 Å². The van der Waals surface area contributed by atoms with Crippen molar-refractivity contribution in [3.63, 3.8) is 0 Å². The van der Waals surface area contributed by atoms with Crippen LogP contribution >= 0.6 is 0 Å². The van der Waals surface area contributed by atoms with Gasteiger partial charge in [-0.25, -0.2) is 0 Å². The lowest BCUT2D eigenvalue weighted by Crippen LogP contribution is -2.21. The molecule has 0 heterocycles. The van der Waals surface area contributed by atoms with Crippen molar-refractivity contribution in [2.75, 3.05) is 20.1 Å². The van der Waals surface area contributed by atoms with Crippen LogP contribution in [0.3, 0.4) is 0 Å². The molecule has 12 heavy (non-hydrogen) atoms. The predicted molar refractivity (Wildman–Crippen MR) is 54.4 cm³/mol. The molecule has 0 aliphatic heterocycles. The molecule has 2 nitrogen and oxygen atoms in total. The molecule has 74 valence electrons. The summed E-state index contributed by atoms with van der Waals surface area (Å²) in [4.78, 5) is 12.7. The number of nitrogens with zero attached hydrogens (tertiary/aromatic N) is 1. The summed E-state index contributed by atoms with van der Waals surface area (Å²) in [5.41, 5.74) is 0. The molecule has 2 heteroatoms. The Morgan fingerprint density at radius 3 is 2.08 bits per heavy atom. The van der Waals surface area contributed by atoms with Gasteiger partial charge >= 0.3 is 0 Å². The van der Waals surface area contributed by atoms with Gasteiger partial charge in [0.2, 0.25) is 0 Å². The highest BCUT2D eigenvalue weighted by atomic mass is 16.1. The topological polar surface area (TPSA) is 20.3 Å². The van der Waals surface area contributed by atoms with Crippen LogP contribution in [0.25, 0.3) is 0 Å². The maximum Gasteiger partial charge on any atom is 0.131 e. The van der Waals surface area contributed by atoms with E-state index in [0.717, 1.165) is 19.5 Å². The molecular formula is C10H23NO. The van der Waals surface area contributed by atoms with E-state index in [4.69, 9.17) is 0 Å². The normalized spacial score (nSPS) is 9.17. The first-order valence-corrected chi connectivity index (χ1v) is 4.84. The fraction of sp³-hybridized carbons (Fsp3) is 0.900. The molecule has 0 aliphatic carbocycles. The number of hydrogen-bond acceptors (Lipinski definition) is 2. The molecule has 0 aromatic rings. The lowest BCUT2D eigenvalue weighted by molar-refractivity contribution is -0.117. The van der Waals surface area contributed by atoms with Crippen molar-refractivity contribution < 1.29 is 4.79 Å². The largest absolute Gasteiger partial charge is 0.306 e. The fourth-order valence-corrected chi connectivity index (χ4v) is 0.842. The number of hydrogen-bond donors (Lipinski definition) is 0. The monoisotopic (exact) mass is 173 g/mol. The Kier molecular flexibility index (Phi) is 12.6. The quantitative estimate of drug-likeness (QED) is 0.636. The van der Waals surface area contributed by atoms with Crippen molar-refractivity contribution in [1.82, 2.24) is 4.90 Å². The summed E-state index contributed by atoms with van der Waals surface area (Å²) in [5, 5.41) is 0. The van der Waals surface area contributed by atoms with Crippen molar-refractivity contribution in [2.45, 2.75) is 40.5 Å². The standard InChI is InChI=1S/C8H17NO.C2H6/c1-4-6-9(3)7-5-8(2)10;1-2/h4-7H2,1-3H3;1-2H3. The van der Waals surface area contributed by atoms with E-state index in [1.165, 1.54) is 0 Å². The van der Waals surface area contributed by atoms with Gasteiger partial charge in [0.1, 0.15) is 5.78 Å². The third kappa shape index (κ3) is 12.3. The molecule has 0 amide bonds. The highest BCUT2D eigenvalue weighted by molar-refractivity contribution is 5.75. The van der Waals surface area contributed by atoms with Crippen molar-refractivity contribution in [3.05, 3.63) is 0 Å². The van der Waals surface area contributed by atoms with E-state index in [1.807, 2.05) is 20.9 Å². The number of carbonyl (C=O) groups is 1. The fourth-order valence-electron chi connectivity index (χ4n) is 0.842. The zero-order valence-corrected chi connectivity index (χ0v) is 9.18. The molecule has 0 saturated carbocycles. The minimum Gasteiger partial charge on any atom is -0.306 e. The van der Waals surface area contributed by atoms with Gasteiger partial charge in [-0.05, 0) is 26.9 Å². The van der Waals surface area contributed by atoms with E-state index in [-0.39, 0.29) is 5.78 Å². The Bertz CT molecular complexity index is 102. The molecule has 0 N–H and O–H groups in total. The van der Waals surface area contributed by atoms with Crippen molar-refractivity contribution in [2.24, 2.45) is 0 Å². The van der Waals surface area contributed by atoms with E-state index in [1.54, 1.807) is 6.92 Å². The summed E-state index contributed by atoms with van der Waals surface area (Å²) in [6.07, 6.45) is 1.85. The molecule has 0 spiro atoms. The van der Waals surface area contributed by atoms with Gasteiger partial charge in [-0.1, -0.05) is 20.8 Å². The molecule has 0 rings (SSSR count). The third-order valence-corrected chi connectivity index (χ3v) is 1.45. The Morgan fingerprint density at radius 2 is 1.75 bits per heavy atom. The summed E-state index contributed by atoms with van der Waals surface area (Å²) in [6.45, 7) is 9.78. The van der Waals surface area contributed by atoms with Crippen molar-refractivity contribution in [1.29, 1.82) is 0 Å². The smallest absolute Gasteiger partial charge is 0.131 e. The molecule has 0 atom stereocenters. The van der Waals surface area contributed by atoms with Gasteiger partial charge < -0.3 is 4.90 Å². The number of carbonyl (C=O) groups excluding carboxylic acids is 1. The van der Waals surface area contributed by atoms with E-state index < -0.39 is 0 Å². The van der Waals surface area contributed by atoms with Gasteiger partial charge in [0.25, 0.3) is 0 Å². The molecule has 0 radical (unpaired) electrons. The number of Topliss-reactive ketones (excluding diaryl/α,β-unsaturated/α-hetero) is 1. The van der Waals surface area contributed by atoms with Crippen molar-refractivity contribution >= 4 is 5.78 Å². The molecule has 0 bridgehead atoms. The Balaban J connectivity index is 0. The van der Waals surface area contributed by atoms with Gasteiger partial charge in [-0.3, -0.25) is 4.79 Å². The van der Waals surface area contributed by atoms with Crippen LogP contribution in [0.2, 0.25) is 0 Å². The van der Waals surface area contributed by atoms with E-state index >= 15 is 0 Å². The average Bonchev–Trinajstić information content (AvgIpc) is 2.05. The summed E-state index contributed by atoms with van der Waals surface area (Å²) in [5.74, 6) is 0.281. The van der Waals surface area contributed by atoms with Crippen LogP contribution in [0.1, 0.15) is 40.5 Å². The molecule has 0 saturated heterocycles. The minimum absolute atomic E-state index is 0.281. The maximum atomic E-state index is 10.5. The lowest BCUT2D eigenvalue weighted by Gasteiger charge is -2.13. The summed E-state index contributed by atoms with van der Waals surface area (Å²) in [6, 6.07) is 0. The first-order valence-electron chi connectivity index (χ1n) is 4.84. The Hall–Kier alpha value is -0.370. The lowest BCUT2D eigenvalue weighted by atomic mass is 10.3. The first kappa shape index (κ1) is 14.2. The number of rotatable bonds is 5. The summed E-state index contributed by atoms with van der Waals surface area (Å²) < 4.78 is 0. The van der Waals surface area contributed by atoms with Crippen LogP contribution < -0.4 is 0 Å². The molecule has 0 aliphatic rings. The minimum atomic E-state index is 0.281. The van der Waals surface area contributed by atoms with Gasteiger partial charge in [0, 0.05) is 13.0 Å². The molecule has 0 unspecified atom stereocenters. The van der Waals surface area contributed by atoms with Crippen LogP contribution in [0.4, 0.5) is 0 Å². The van der Waals surface area contributed by atoms with Gasteiger partial charge in [0.05, 0.1) is 0 Å². The first-order chi connectivity index (χ1) is 5.66. The van der Waals surface area contributed by atoms with Crippen LogP contribution in [-0.2, 0) is 4.79 Å². The molecule has 0 fully saturated rings. The SMILES string of the molecule is CC.CCCN(C)CCC(C)=O. The zero-order valence-electron chi connectivity index (χ0n) is 9.18. The molecule has 0 aromatic carbocycles. The van der Waals surface area contributed by atoms with Crippen LogP contribution in [0, 0.1) is 0 Å². The third-order valence-electron chi connectivity index (χ3n) is 1.45. The average molecular weight is 173 g/mol. The second-order valence-corrected chi connectivity index (χ2v) is 2.76. The maximum absolute atomic E-state index is 10.5. The van der Waals surface area contributed by atoms with E-state index in [0.29, 0.717) is 6.42 Å². The van der Waals surface area contributed by atoms with Crippen LogP contribution in [0.15, 0.2) is 0 Å². The van der Waals surface area contributed by atoms with Gasteiger partial charge in [-0.2, -0.15) is 0 Å². The molecular weight excluding hydrogens is 150 g/mol. The highest BCUT2D eigenvalue weighted by Crippen LogP contribution is 1.89. The highest BCUT2D eigenvalue weighted by Gasteiger charge is 1.97. The van der Waals surface area contributed by atoms with E-state index in [2.05, 4.69) is 11.8 Å². The summed E-state index contributed by atoms with van der Waals surface area (Å²) >= 11 is 0. The van der Waals surface area contributed by atoms with Gasteiger partial charge in [0.15, 0.2) is 0 Å². The van der Waals surface area contributed by atoms with Crippen LogP contribution in [-0.4, -0.2) is 30.8 Å². The summed E-state index contributed by atoms with van der Waals surface area (Å²) in [7, 11) is 2.05. The van der Waals surface area contributed by atoms with Gasteiger partial charge in [-0.15, -0.1) is 0 Å².